The lowest BCUT2D eigenvalue weighted by molar-refractivity contribution is -0.120. The van der Waals surface area contributed by atoms with Gasteiger partial charge in [-0.15, -0.1) is 0 Å². The zero-order chi connectivity index (χ0) is 13.1. The van der Waals surface area contributed by atoms with Crippen LogP contribution in [0.1, 0.15) is 24.9 Å². The third-order valence-electron chi connectivity index (χ3n) is 3.15. The number of rotatable bonds is 2. The maximum atomic E-state index is 11.3. The van der Waals surface area contributed by atoms with Gasteiger partial charge in [0.25, 0.3) is 0 Å². The number of carbonyl (C=O) groups is 1. The lowest BCUT2D eigenvalue weighted by atomic mass is 10.1. The summed E-state index contributed by atoms with van der Waals surface area (Å²) in [7, 11) is 0. The Bertz CT molecular complexity index is 448. The molecule has 1 amide bonds. The van der Waals surface area contributed by atoms with E-state index in [0.717, 1.165) is 28.8 Å². The summed E-state index contributed by atoms with van der Waals surface area (Å²) < 4.78 is 1.03. The van der Waals surface area contributed by atoms with Crippen LogP contribution in [0.25, 0.3) is 0 Å². The Hall–Kier alpha value is -1.07. The van der Waals surface area contributed by atoms with E-state index in [-0.39, 0.29) is 11.9 Å². The van der Waals surface area contributed by atoms with E-state index >= 15 is 0 Å². The number of anilines is 1. The first-order valence-corrected chi connectivity index (χ1v) is 6.94. The summed E-state index contributed by atoms with van der Waals surface area (Å²) in [5.41, 5.74) is 8.12. The number of halogens is 1. The quantitative estimate of drug-likeness (QED) is 0.875. The highest BCUT2D eigenvalue weighted by Gasteiger charge is 2.15. The molecule has 5 heteroatoms. The molecular weight excluding hydrogens is 294 g/mol. The molecule has 1 aromatic carbocycles. The molecule has 1 unspecified atom stereocenters. The van der Waals surface area contributed by atoms with Crippen molar-refractivity contribution in [3.05, 3.63) is 28.2 Å². The Kier molecular flexibility index (Phi) is 4.24. The third kappa shape index (κ3) is 3.03. The predicted molar refractivity (Wildman–Crippen MR) is 76.6 cm³/mol. The van der Waals surface area contributed by atoms with Gasteiger partial charge >= 0.3 is 0 Å². The van der Waals surface area contributed by atoms with E-state index in [1.807, 2.05) is 13.0 Å². The van der Waals surface area contributed by atoms with Crippen LogP contribution >= 0.6 is 15.9 Å². The van der Waals surface area contributed by atoms with Crippen LogP contribution in [0, 0.1) is 0 Å². The van der Waals surface area contributed by atoms with Gasteiger partial charge in [0.15, 0.2) is 0 Å². The van der Waals surface area contributed by atoms with Crippen molar-refractivity contribution in [3.8, 4) is 0 Å². The molecule has 1 aliphatic rings. The molecule has 2 rings (SSSR count). The van der Waals surface area contributed by atoms with Gasteiger partial charge < -0.3 is 16.0 Å². The van der Waals surface area contributed by atoms with Gasteiger partial charge in [0, 0.05) is 42.3 Å². The maximum absolute atomic E-state index is 11.3. The van der Waals surface area contributed by atoms with Crippen molar-refractivity contribution in [1.29, 1.82) is 0 Å². The van der Waals surface area contributed by atoms with E-state index in [4.69, 9.17) is 5.73 Å². The average Bonchev–Trinajstić information content (AvgIpc) is 2.53. The summed E-state index contributed by atoms with van der Waals surface area (Å²) in [4.78, 5) is 13.5. The van der Waals surface area contributed by atoms with Gasteiger partial charge in [0.1, 0.15) is 0 Å². The molecule has 0 aliphatic carbocycles. The van der Waals surface area contributed by atoms with E-state index in [1.165, 1.54) is 0 Å². The number of hydrogen-bond donors (Lipinski definition) is 2. The average molecular weight is 312 g/mol. The number of benzene rings is 1. The van der Waals surface area contributed by atoms with Crippen molar-refractivity contribution < 1.29 is 4.79 Å². The maximum Gasteiger partial charge on any atom is 0.221 e. The first-order valence-electron chi connectivity index (χ1n) is 6.14. The van der Waals surface area contributed by atoms with Crippen molar-refractivity contribution in [1.82, 2.24) is 5.32 Å². The fourth-order valence-electron chi connectivity index (χ4n) is 2.11. The predicted octanol–water partition coefficient (Wildman–Crippen LogP) is 1.80. The van der Waals surface area contributed by atoms with Crippen molar-refractivity contribution in [2.24, 2.45) is 5.73 Å². The van der Waals surface area contributed by atoms with Gasteiger partial charge in [-0.05, 0) is 24.6 Å². The van der Waals surface area contributed by atoms with Crippen LogP contribution in [0.15, 0.2) is 22.7 Å². The second kappa shape index (κ2) is 5.71. The number of nitrogens with one attached hydrogen (secondary N) is 1. The van der Waals surface area contributed by atoms with Crippen LogP contribution in [0.3, 0.4) is 0 Å². The number of nitrogens with two attached hydrogens (primary N) is 1. The van der Waals surface area contributed by atoms with E-state index in [9.17, 15) is 4.79 Å². The van der Waals surface area contributed by atoms with Gasteiger partial charge in [-0.3, -0.25) is 4.79 Å². The number of amides is 1. The summed E-state index contributed by atoms with van der Waals surface area (Å²) >= 11 is 3.56. The van der Waals surface area contributed by atoms with Crippen molar-refractivity contribution in [3.63, 3.8) is 0 Å². The van der Waals surface area contributed by atoms with Crippen molar-refractivity contribution >= 4 is 27.5 Å². The molecule has 1 heterocycles. The van der Waals surface area contributed by atoms with E-state index < -0.39 is 0 Å². The minimum atomic E-state index is 0.0146. The molecule has 0 saturated carbocycles. The first kappa shape index (κ1) is 13.4. The highest BCUT2D eigenvalue weighted by atomic mass is 79.9. The van der Waals surface area contributed by atoms with Crippen molar-refractivity contribution in [2.75, 3.05) is 24.5 Å². The van der Waals surface area contributed by atoms with E-state index in [1.54, 1.807) is 0 Å². The molecule has 3 N–H and O–H groups in total. The first-order chi connectivity index (χ1) is 8.58. The number of hydrogen-bond acceptors (Lipinski definition) is 3. The molecule has 18 heavy (non-hydrogen) atoms. The van der Waals surface area contributed by atoms with E-state index in [0.29, 0.717) is 13.0 Å². The standard InChI is InChI=1S/C13H18BrN3O/c1-9(15)11-3-2-10(8-12(11)14)17-6-4-13(18)16-5-7-17/h2-3,8-9H,4-7,15H2,1H3,(H,16,18). The van der Waals surface area contributed by atoms with Crippen LogP contribution in [-0.2, 0) is 4.79 Å². The Morgan fingerprint density at radius 2 is 2.22 bits per heavy atom. The molecule has 0 radical (unpaired) electrons. The van der Waals surface area contributed by atoms with Gasteiger partial charge in [-0.1, -0.05) is 22.0 Å². The Balaban J connectivity index is 2.18. The molecule has 1 aliphatic heterocycles. The van der Waals surface area contributed by atoms with Gasteiger partial charge in [-0.25, -0.2) is 0 Å². The van der Waals surface area contributed by atoms with Crippen LogP contribution < -0.4 is 16.0 Å². The molecular formula is C13H18BrN3O. The summed E-state index contributed by atoms with van der Waals surface area (Å²) in [6.45, 7) is 4.27. The summed E-state index contributed by atoms with van der Waals surface area (Å²) in [5, 5.41) is 2.88. The fraction of sp³-hybridized carbons (Fsp3) is 0.462. The molecule has 1 aromatic rings. The largest absolute Gasteiger partial charge is 0.369 e. The summed E-state index contributed by atoms with van der Waals surface area (Å²) in [6.07, 6.45) is 0.548. The van der Waals surface area contributed by atoms with Gasteiger partial charge in [0.2, 0.25) is 5.91 Å². The second-order valence-electron chi connectivity index (χ2n) is 4.58. The lowest BCUT2D eigenvalue weighted by Crippen LogP contribution is -2.28. The number of carbonyl (C=O) groups excluding carboxylic acids is 1. The number of nitrogens with zero attached hydrogens (tertiary/aromatic N) is 1. The molecule has 4 nitrogen and oxygen atoms in total. The SMILES string of the molecule is CC(N)c1ccc(N2CCNC(=O)CC2)cc1Br. The second-order valence-corrected chi connectivity index (χ2v) is 5.44. The highest BCUT2D eigenvalue weighted by Crippen LogP contribution is 2.27. The third-order valence-corrected chi connectivity index (χ3v) is 3.84. The zero-order valence-corrected chi connectivity index (χ0v) is 12.0. The van der Waals surface area contributed by atoms with Crippen LogP contribution in [0.5, 0.6) is 0 Å². The minimum Gasteiger partial charge on any atom is -0.369 e. The summed E-state index contributed by atoms with van der Waals surface area (Å²) in [6, 6.07) is 6.21. The molecule has 1 saturated heterocycles. The molecule has 1 fully saturated rings. The Morgan fingerprint density at radius 1 is 1.44 bits per heavy atom. The van der Waals surface area contributed by atoms with Crippen LogP contribution in [-0.4, -0.2) is 25.5 Å². The molecule has 1 atom stereocenters. The Labute approximate surface area is 116 Å². The van der Waals surface area contributed by atoms with E-state index in [2.05, 4.69) is 38.3 Å². The summed E-state index contributed by atoms with van der Waals surface area (Å²) in [5.74, 6) is 0.128. The monoisotopic (exact) mass is 311 g/mol. The smallest absolute Gasteiger partial charge is 0.221 e. The molecule has 0 bridgehead atoms. The fourth-order valence-corrected chi connectivity index (χ4v) is 2.83. The van der Waals surface area contributed by atoms with Crippen LogP contribution in [0.2, 0.25) is 0 Å². The minimum absolute atomic E-state index is 0.0146. The molecule has 0 spiro atoms. The normalized spacial score (nSPS) is 18.2. The van der Waals surface area contributed by atoms with Gasteiger partial charge in [-0.2, -0.15) is 0 Å². The lowest BCUT2D eigenvalue weighted by Gasteiger charge is -2.23. The zero-order valence-electron chi connectivity index (χ0n) is 10.4. The molecule has 98 valence electrons. The van der Waals surface area contributed by atoms with Gasteiger partial charge in [0.05, 0.1) is 0 Å². The highest BCUT2D eigenvalue weighted by molar-refractivity contribution is 9.10. The van der Waals surface area contributed by atoms with Crippen LogP contribution in [0.4, 0.5) is 5.69 Å². The molecule has 0 aromatic heterocycles. The Morgan fingerprint density at radius 3 is 2.89 bits per heavy atom. The van der Waals surface area contributed by atoms with Crippen molar-refractivity contribution in [2.45, 2.75) is 19.4 Å². The topological polar surface area (TPSA) is 58.4 Å².